The highest BCUT2D eigenvalue weighted by atomic mass is 16.5. The molecule has 2 heterocycles. The molecule has 0 aliphatic carbocycles. The number of nitrogens with zero attached hydrogens (tertiary/aromatic N) is 5. The van der Waals surface area contributed by atoms with Crippen LogP contribution in [-0.2, 0) is 0 Å². The number of ether oxygens (including phenoxy) is 2. The minimum Gasteiger partial charge on any atom is -0.497 e. The van der Waals surface area contributed by atoms with E-state index < -0.39 is 5.63 Å². The zero-order valence-corrected chi connectivity index (χ0v) is 21.9. The summed E-state index contributed by atoms with van der Waals surface area (Å²) in [6.45, 7) is 1.85. The average Bonchev–Trinajstić information content (AvgIpc) is 2.92. The highest BCUT2D eigenvalue weighted by Crippen LogP contribution is 2.27. The summed E-state index contributed by atoms with van der Waals surface area (Å²) in [6, 6.07) is 22.0. The molecule has 0 aliphatic rings. The summed E-state index contributed by atoms with van der Waals surface area (Å²) < 4.78 is 16.4. The van der Waals surface area contributed by atoms with Crippen molar-refractivity contribution in [1.82, 2.24) is 15.0 Å². The fourth-order valence-electron chi connectivity index (χ4n) is 3.72. The lowest BCUT2D eigenvalue weighted by atomic mass is 10.1. The Labute approximate surface area is 224 Å². The van der Waals surface area contributed by atoms with Crippen LogP contribution in [0.25, 0.3) is 11.0 Å². The zero-order chi connectivity index (χ0) is 27.4. The molecule has 0 saturated heterocycles. The van der Waals surface area contributed by atoms with E-state index in [-0.39, 0.29) is 6.01 Å². The second kappa shape index (κ2) is 11.0. The van der Waals surface area contributed by atoms with Gasteiger partial charge in [-0.15, -0.1) is 0 Å². The van der Waals surface area contributed by atoms with Gasteiger partial charge >= 0.3 is 11.6 Å². The summed E-state index contributed by atoms with van der Waals surface area (Å²) in [7, 11) is 5.29. The molecule has 1 N–H and O–H groups in total. The van der Waals surface area contributed by atoms with Crippen molar-refractivity contribution in [3.05, 3.63) is 94.3 Å². The second-order valence-electron chi connectivity index (χ2n) is 8.85. The van der Waals surface area contributed by atoms with Crippen molar-refractivity contribution in [2.75, 3.05) is 31.4 Å². The number of aryl methyl sites for hydroxylation is 1. The largest absolute Gasteiger partial charge is 0.497 e. The Balaban J connectivity index is 1.34. The van der Waals surface area contributed by atoms with E-state index in [4.69, 9.17) is 13.9 Å². The van der Waals surface area contributed by atoms with Crippen molar-refractivity contribution < 1.29 is 13.9 Å². The van der Waals surface area contributed by atoms with Crippen LogP contribution in [0.2, 0.25) is 0 Å². The third kappa shape index (κ3) is 6.19. The molecule has 39 heavy (non-hydrogen) atoms. The first-order valence-electron chi connectivity index (χ1n) is 12.1. The van der Waals surface area contributed by atoms with Gasteiger partial charge in [0.2, 0.25) is 11.9 Å². The monoisotopic (exact) mass is 522 g/mol. The summed E-state index contributed by atoms with van der Waals surface area (Å²) >= 11 is 0. The van der Waals surface area contributed by atoms with Gasteiger partial charge in [-0.1, -0.05) is 0 Å². The van der Waals surface area contributed by atoms with E-state index in [2.05, 4.69) is 25.3 Å². The number of benzene rings is 3. The molecule has 10 heteroatoms. The molecule has 0 atom stereocenters. The summed E-state index contributed by atoms with van der Waals surface area (Å²) in [4.78, 5) is 31.3. The summed E-state index contributed by atoms with van der Waals surface area (Å²) in [5, 5.41) is 4.01. The Hall–Kier alpha value is -5.25. The van der Waals surface area contributed by atoms with Crippen LogP contribution in [0.5, 0.6) is 17.5 Å². The highest BCUT2D eigenvalue weighted by Gasteiger charge is 2.12. The van der Waals surface area contributed by atoms with E-state index in [1.165, 1.54) is 6.07 Å². The molecular weight excluding hydrogens is 496 g/mol. The normalized spacial score (nSPS) is 11.1. The second-order valence-corrected chi connectivity index (χ2v) is 8.85. The molecular formula is C29H26N6O4. The third-order valence-corrected chi connectivity index (χ3v) is 5.74. The van der Waals surface area contributed by atoms with Crippen molar-refractivity contribution in [2.24, 2.45) is 4.99 Å². The van der Waals surface area contributed by atoms with Crippen molar-refractivity contribution in [2.45, 2.75) is 6.92 Å². The molecule has 0 saturated carbocycles. The molecule has 0 unspecified atom stereocenters. The van der Waals surface area contributed by atoms with E-state index in [0.29, 0.717) is 23.2 Å². The van der Waals surface area contributed by atoms with Crippen LogP contribution in [0.1, 0.15) is 11.1 Å². The van der Waals surface area contributed by atoms with Crippen molar-refractivity contribution in [3.8, 4) is 17.5 Å². The SMILES string of the molecule is COc1ccc(C=Nc2ccc(Nc3nc(Oc4ccc5c(C)cc(=O)oc5c4)nc(N(C)C)n3)cc2)cc1. The Bertz CT molecular complexity index is 1700. The van der Waals surface area contributed by atoms with Gasteiger partial charge < -0.3 is 24.1 Å². The van der Waals surface area contributed by atoms with Crippen molar-refractivity contribution in [3.63, 3.8) is 0 Å². The molecule has 0 aliphatic heterocycles. The molecule has 0 amide bonds. The fourth-order valence-corrected chi connectivity index (χ4v) is 3.72. The lowest BCUT2D eigenvalue weighted by Crippen LogP contribution is -2.15. The number of hydrogen-bond donors (Lipinski definition) is 1. The van der Waals surface area contributed by atoms with E-state index in [1.54, 1.807) is 30.4 Å². The third-order valence-electron chi connectivity index (χ3n) is 5.74. The van der Waals surface area contributed by atoms with Crippen molar-refractivity contribution >= 4 is 40.5 Å². The van der Waals surface area contributed by atoms with Crippen LogP contribution in [0.3, 0.4) is 0 Å². The first kappa shape index (κ1) is 25.4. The molecule has 0 bridgehead atoms. The number of methoxy groups -OCH3 is 1. The minimum absolute atomic E-state index is 0.0891. The van der Waals surface area contributed by atoms with Crippen molar-refractivity contribution in [1.29, 1.82) is 0 Å². The molecule has 2 aromatic heterocycles. The van der Waals surface area contributed by atoms with Gasteiger partial charge in [-0.3, -0.25) is 4.99 Å². The Morgan fingerprint density at radius 1 is 0.923 bits per heavy atom. The Kier molecular flexibility index (Phi) is 7.17. The number of nitrogens with one attached hydrogen (secondary N) is 1. The quantitative estimate of drug-likeness (QED) is 0.204. The average molecular weight is 523 g/mol. The van der Waals surface area contributed by atoms with Gasteiger partial charge in [0.15, 0.2) is 0 Å². The lowest BCUT2D eigenvalue weighted by molar-refractivity contribution is 0.415. The van der Waals surface area contributed by atoms with Gasteiger partial charge in [-0.05, 0) is 78.7 Å². The molecule has 0 fully saturated rings. The number of anilines is 3. The maximum atomic E-state index is 11.8. The molecule has 0 radical (unpaired) electrons. The molecule has 0 spiro atoms. The number of rotatable bonds is 8. The molecule has 5 rings (SSSR count). The predicted octanol–water partition coefficient (Wildman–Crippen LogP) is 5.65. The molecule has 3 aromatic carbocycles. The van der Waals surface area contributed by atoms with E-state index in [9.17, 15) is 4.79 Å². The van der Waals surface area contributed by atoms with Gasteiger partial charge in [-0.25, -0.2) is 4.79 Å². The van der Waals surface area contributed by atoms with Crippen LogP contribution in [0.4, 0.5) is 23.3 Å². The first-order valence-corrected chi connectivity index (χ1v) is 12.1. The molecule has 196 valence electrons. The summed E-state index contributed by atoms with van der Waals surface area (Å²) in [5.74, 6) is 1.94. The first-order chi connectivity index (χ1) is 18.9. The van der Waals surface area contributed by atoms with E-state index in [1.807, 2.05) is 75.6 Å². The predicted molar refractivity (Wildman–Crippen MR) is 151 cm³/mol. The minimum atomic E-state index is -0.420. The van der Waals surface area contributed by atoms with Gasteiger partial charge in [0.25, 0.3) is 0 Å². The smallest absolute Gasteiger partial charge is 0.336 e. The maximum absolute atomic E-state index is 11.8. The number of aromatic nitrogens is 3. The highest BCUT2D eigenvalue weighted by molar-refractivity contribution is 5.82. The van der Waals surface area contributed by atoms with Crippen LogP contribution < -0.4 is 25.3 Å². The Morgan fingerprint density at radius 3 is 2.38 bits per heavy atom. The van der Waals surface area contributed by atoms with E-state index in [0.717, 1.165) is 33.6 Å². The number of fused-ring (bicyclic) bond motifs is 1. The Morgan fingerprint density at radius 2 is 1.67 bits per heavy atom. The maximum Gasteiger partial charge on any atom is 0.336 e. The fraction of sp³-hybridized carbons (Fsp3) is 0.138. The number of hydrogen-bond acceptors (Lipinski definition) is 10. The lowest BCUT2D eigenvalue weighted by Gasteiger charge is -2.14. The van der Waals surface area contributed by atoms with Gasteiger partial charge in [0, 0.05) is 43.5 Å². The van der Waals surface area contributed by atoms with Crippen LogP contribution in [-0.4, -0.2) is 42.4 Å². The van der Waals surface area contributed by atoms with E-state index >= 15 is 0 Å². The zero-order valence-electron chi connectivity index (χ0n) is 21.9. The molecule has 10 nitrogen and oxygen atoms in total. The summed E-state index contributed by atoms with van der Waals surface area (Å²) in [6.07, 6.45) is 1.79. The topological polar surface area (TPSA) is 115 Å². The standard InChI is InChI=1S/C29H26N6O4/c1-18-15-26(36)39-25-16-23(13-14-24(18)25)38-29-33-27(32-28(34-29)35(2)3)31-21-9-7-20(8-10-21)30-17-19-5-11-22(37-4)12-6-19/h5-17H,1-4H3,(H,31,32,33,34). The summed E-state index contributed by atoms with van der Waals surface area (Å²) in [5.41, 5.74) is 3.36. The molecule has 5 aromatic rings. The van der Waals surface area contributed by atoms with Crippen LogP contribution in [0, 0.1) is 6.92 Å². The number of aliphatic imine (C=N–C) groups is 1. The van der Waals surface area contributed by atoms with Crippen LogP contribution in [0.15, 0.2) is 87.0 Å². The van der Waals surface area contributed by atoms with Gasteiger partial charge in [0.1, 0.15) is 17.1 Å². The van der Waals surface area contributed by atoms with Gasteiger partial charge in [0.05, 0.1) is 12.8 Å². The van der Waals surface area contributed by atoms with Crippen LogP contribution >= 0.6 is 0 Å². The van der Waals surface area contributed by atoms with Gasteiger partial charge in [-0.2, -0.15) is 15.0 Å².